The van der Waals surface area contributed by atoms with Crippen molar-refractivity contribution in [3.63, 3.8) is 0 Å². The van der Waals surface area contributed by atoms with Crippen LogP contribution in [0.15, 0.2) is 60.4 Å². The Hall–Kier alpha value is -4.38. The number of rotatable bonds is 7. The summed E-state index contributed by atoms with van der Waals surface area (Å²) < 4.78 is 3.23. The summed E-state index contributed by atoms with van der Waals surface area (Å²) in [5, 5.41) is 22.1. The van der Waals surface area contributed by atoms with E-state index in [1.54, 1.807) is 10.7 Å². The number of nitrogens with zero attached hydrogens (tertiary/aromatic N) is 7. The molecule has 6 rings (SSSR count). The molecule has 0 aliphatic heterocycles. The summed E-state index contributed by atoms with van der Waals surface area (Å²) in [5.74, 6) is -0.674. The maximum atomic E-state index is 13.9. The summed E-state index contributed by atoms with van der Waals surface area (Å²) in [6.07, 6.45) is 8.57. The zero-order valence-corrected chi connectivity index (χ0v) is 23.1. The highest BCUT2D eigenvalue weighted by molar-refractivity contribution is 7.09. The first kappa shape index (κ1) is 25.9. The molecule has 0 radical (unpaired) electrons. The number of hydrogen-bond donors (Lipinski definition) is 1. The fourth-order valence-electron chi connectivity index (χ4n) is 5.23. The van der Waals surface area contributed by atoms with Crippen LogP contribution in [0.3, 0.4) is 0 Å². The van der Waals surface area contributed by atoms with E-state index >= 15 is 0 Å². The van der Waals surface area contributed by atoms with Crippen molar-refractivity contribution in [1.82, 2.24) is 29.4 Å². The van der Waals surface area contributed by atoms with Crippen LogP contribution in [0.25, 0.3) is 22.6 Å². The van der Waals surface area contributed by atoms with Crippen molar-refractivity contribution in [2.24, 2.45) is 11.8 Å². The third kappa shape index (κ3) is 5.12. The number of carboxylic acid groups (broad SMARTS) is 1. The molecule has 0 saturated heterocycles. The van der Waals surface area contributed by atoms with Gasteiger partial charge in [-0.25, -0.2) is 24.0 Å². The maximum Gasteiger partial charge on any atom is 0.341 e. The number of fused-ring (bicyclic) bond motifs is 1. The average Bonchev–Trinajstić information content (AvgIpc) is 3.70. The van der Waals surface area contributed by atoms with Crippen molar-refractivity contribution in [2.45, 2.75) is 46.1 Å². The van der Waals surface area contributed by atoms with Gasteiger partial charge in [-0.15, -0.1) is 16.4 Å². The molecule has 204 valence electrons. The summed E-state index contributed by atoms with van der Waals surface area (Å²) >= 11 is 1.50. The third-order valence-electron chi connectivity index (χ3n) is 7.46. The molecule has 1 aliphatic carbocycles. The van der Waals surface area contributed by atoms with Crippen LogP contribution >= 0.6 is 11.3 Å². The van der Waals surface area contributed by atoms with E-state index in [2.05, 4.69) is 27.1 Å². The number of anilines is 1. The van der Waals surface area contributed by atoms with Crippen LogP contribution in [0.4, 0.5) is 5.82 Å². The Bertz CT molecular complexity index is 1650. The fraction of sp³-hybridized carbons (Fsp3) is 0.310. The second kappa shape index (κ2) is 10.6. The lowest BCUT2D eigenvalue weighted by Crippen LogP contribution is -2.38. The standard InChI is InChI=1S/C29H29N7O3S/c1-18-4-6-21(7-5-18)28(37)34(15-22-17-40-19(2)31-22)27-24(29(38)39)16-36(33-27)23-10-8-20(9-11-23)25-14-26-30-12-3-13-35(26)32-25/h3,8-14,16-18,21H,4-7,15H2,1-2H3,(H,38,39)/t18-,21-. The van der Waals surface area contributed by atoms with E-state index in [4.69, 9.17) is 0 Å². The third-order valence-corrected chi connectivity index (χ3v) is 8.28. The quantitative estimate of drug-likeness (QED) is 0.285. The first-order chi connectivity index (χ1) is 19.4. The van der Waals surface area contributed by atoms with Gasteiger partial charge in [0.2, 0.25) is 5.91 Å². The first-order valence-electron chi connectivity index (χ1n) is 13.3. The summed E-state index contributed by atoms with van der Waals surface area (Å²) in [6.45, 7) is 4.29. The molecule has 1 amide bonds. The molecule has 5 aromatic rings. The number of benzene rings is 1. The maximum absolute atomic E-state index is 13.9. The zero-order valence-electron chi connectivity index (χ0n) is 22.3. The SMILES string of the molecule is Cc1nc(CN(c2nn(-c3ccc(-c4cc5ncccn5n4)cc3)cc2C(=O)O)C(=O)[C@H]2CC[C@H](C)CC2)cs1. The molecule has 0 atom stereocenters. The van der Waals surface area contributed by atoms with Crippen molar-refractivity contribution in [3.8, 4) is 16.9 Å². The molecule has 4 aromatic heterocycles. The van der Waals surface area contributed by atoms with Crippen molar-refractivity contribution in [3.05, 3.63) is 76.6 Å². The van der Waals surface area contributed by atoms with Gasteiger partial charge in [-0.1, -0.05) is 19.1 Å². The van der Waals surface area contributed by atoms with Crippen LogP contribution in [0.5, 0.6) is 0 Å². The van der Waals surface area contributed by atoms with Gasteiger partial charge in [-0.2, -0.15) is 5.10 Å². The topological polar surface area (TPSA) is 119 Å². The molecule has 0 unspecified atom stereocenters. The normalized spacial score (nSPS) is 17.2. The first-order valence-corrected chi connectivity index (χ1v) is 14.2. The number of amides is 1. The molecule has 4 heterocycles. The molecule has 40 heavy (non-hydrogen) atoms. The Kier molecular flexibility index (Phi) is 6.89. The molecule has 11 heteroatoms. The molecule has 0 bridgehead atoms. The molecule has 1 saturated carbocycles. The Balaban J connectivity index is 1.34. The van der Waals surface area contributed by atoms with Gasteiger partial charge in [0.1, 0.15) is 5.56 Å². The second-order valence-electron chi connectivity index (χ2n) is 10.4. The monoisotopic (exact) mass is 555 g/mol. The van der Waals surface area contributed by atoms with Crippen molar-refractivity contribution >= 4 is 34.7 Å². The van der Waals surface area contributed by atoms with Gasteiger partial charge in [-0.05, 0) is 56.7 Å². The number of aromatic carboxylic acids is 1. The number of carbonyl (C=O) groups excluding carboxylic acids is 1. The highest BCUT2D eigenvalue weighted by Crippen LogP contribution is 2.33. The second-order valence-corrected chi connectivity index (χ2v) is 11.4. The van der Waals surface area contributed by atoms with E-state index in [9.17, 15) is 14.7 Å². The van der Waals surface area contributed by atoms with Crippen LogP contribution in [0.1, 0.15) is 53.7 Å². The fourth-order valence-corrected chi connectivity index (χ4v) is 5.83. The van der Waals surface area contributed by atoms with Crippen molar-refractivity contribution < 1.29 is 14.7 Å². The predicted molar refractivity (Wildman–Crippen MR) is 152 cm³/mol. The molecule has 1 fully saturated rings. The van der Waals surface area contributed by atoms with Gasteiger partial charge in [0.15, 0.2) is 11.5 Å². The van der Waals surface area contributed by atoms with Crippen LogP contribution in [-0.4, -0.2) is 46.3 Å². The van der Waals surface area contributed by atoms with E-state index in [0.29, 0.717) is 11.6 Å². The molecule has 1 N–H and O–H groups in total. The summed E-state index contributed by atoms with van der Waals surface area (Å²) in [4.78, 5) is 36.6. The highest BCUT2D eigenvalue weighted by atomic mass is 32.1. The average molecular weight is 556 g/mol. The van der Waals surface area contributed by atoms with Gasteiger partial charge in [0.25, 0.3) is 0 Å². The van der Waals surface area contributed by atoms with E-state index < -0.39 is 5.97 Å². The van der Waals surface area contributed by atoms with Gasteiger partial charge < -0.3 is 5.11 Å². The number of aromatic nitrogens is 6. The molecule has 0 spiro atoms. The van der Waals surface area contributed by atoms with Crippen molar-refractivity contribution in [2.75, 3.05) is 4.90 Å². The Morgan fingerprint density at radius 1 is 1.12 bits per heavy atom. The van der Waals surface area contributed by atoms with Crippen LogP contribution in [0.2, 0.25) is 0 Å². The van der Waals surface area contributed by atoms with Gasteiger partial charge in [0, 0.05) is 41.5 Å². The van der Waals surface area contributed by atoms with Crippen molar-refractivity contribution in [1.29, 1.82) is 0 Å². The zero-order chi connectivity index (χ0) is 27.8. The van der Waals surface area contributed by atoms with E-state index in [1.807, 2.05) is 54.9 Å². The minimum atomic E-state index is -1.14. The largest absolute Gasteiger partial charge is 0.477 e. The molecule has 1 aliphatic rings. The number of aryl methyl sites for hydroxylation is 1. The number of carboxylic acids is 1. The minimum Gasteiger partial charge on any atom is -0.477 e. The smallest absolute Gasteiger partial charge is 0.341 e. The number of hydrogen-bond acceptors (Lipinski definition) is 7. The number of carbonyl (C=O) groups is 2. The Labute approximate surface area is 234 Å². The Morgan fingerprint density at radius 2 is 1.90 bits per heavy atom. The lowest BCUT2D eigenvalue weighted by atomic mass is 9.82. The lowest BCUT2D eigenvalue weighted by molar-refractivity contribution is -0.123. The van der Waals surface area contributed by atoms with E-state index in [-0.39, 0.29) is 29.8 Å². The molecular weight excluding hydrogens is 526 g/mol. The molecule has 1 aromatic carbocycles. The summed E-state index contributed by atoms with van der Waals surface area (Å²) in [6, 6.07) is 11.2. The predicted octanol–water partition coefficient (Wildman–Crippen LogP) is 5.40. The highest BCUT2D eigenvalue weighted by Gasteiger charge is 2.33. The van der Waals surface area contributed by atoms with E-state index in [0.717, 1.165) is 53.3 Å². The van der Waals surface area contributed by atoms with E-state index in [1.165, 1.54) is 27.1 Å². The van der Waals surface area contributed by atoms with Gasteiger partial charge >= 0.3 is 5.97 Å². The Morgan fingerprint density at radius 3 is 2.58 bits per heavy atom. The number of thiazole rings is 1. The van der Waals surface area contributed by atoms with Gasteiger partial charge in [-0.3, -0.25) is 9.69 Å². The van der Waals surface area contributed by atoms with Crippen LogP contribution in [0, 0.1) is 18.8 Å². The van der Waals surface area contributed by atoms with Crippen LogP contribution < -0.4 is 4.90 Å². The summed E-state index contributed by atoms with van der Waals surface area (Å²) in [5.41, 5.74) is 3.77. The summed E-state index contributed by atoms with van der Waals surface area (Å²) in [7, 11) is 0. The lowest BCUT2D eigenvalue weighted by Gasteiger charge is -2.30. The van der Waals surface area contributed by atoms with Crippen LogP contribution in [-0.2, 0) is 11.3 Å². The van der Waals surface area contributed by atoms with Gasteiger partial charge in [0.05, 0.1) is 28.6 Å². The minimum absolute atomic E-state index is 0.0278. The molecule has 10 nitrogen and oxygen atoms in total. The molecular formula is C29H29N7O3S.